The Bertz CT molecular complexity index is 535. The fourth-order valence-electron chi connectivity index (χ4n) is 1.65. The van der Waals surface area contributed by atoms with E-state index >= 15 is 0 Å². The van der Waals surface area contributed by atoms with Crippen LogP contribution < -0.4 is 5.73 Å². The van der Waals surface area contributed by atoms with Crippen LogP contribution >= 0.6 is 11.6 Å². The van der Waals surface area contributed by atoms with Crippen LogP contribution in [0.25, 0.3) is 0 Å². The summed E-state index contributed by atoms with van der Waals surface area (Å²) in [6.45, 7) is 1.17. The molecule has 0 fully saturated rings. The maximum Gasteiger partial charge on any atom is 0.416 e. The second-order valence-corrected chi connectivity index (χ2v) is 4.41. The molecule has 0 aliphatic carbocycles. The molecule has 2 atom stereocenters. The van der Waals surface area contributed by atoms with Crippen molar-refractivity contribution in [2.24, 2.45) is 5.73 Å². The normalized spacial score (nSPS) is 14.7. The molecule has 21 heavy (non-hydrogen) atoms. The van der Waals surface area contributed by atoms with Gasteiger partial charge in [0, 0.05) is 5.56 Å². The third-order valence-electron chi connectivity index (χ3n) is 2.60. The maximum atomic E-state index is 13.8. The summed E-state index contributed by atoms with van der Waals surface area (Å²) in [6, 6.07) is -1.05. The number of alkyl halides is 4. The second kappa shape index (κ2) is 6.57. The fourth-order valence-corrected chi connectivity index (χ4v) is 1.82. The van der Waals surface area contributed by atoms with Gasteiger partial charge in [0.15, 0.2) is 0 Å². The molecular formula is C12H11ClF5NO2. The molecule has 0 spiro atoms. The minimum Gasteiger partial charge on any atom is -0.464 e. The topological polar surface area (TPSA) is 52.3 Å². The number of carbonyl (C=O) groups excluding carboxylic acids is 1. The van der Waals surface area contributed by atoms with E-state index in [9.17, 15) is 26.7 Å². The SMILES string of the molecule is CCOC(=O)C(F)[C@H](N)c1c(C(F)(F)F)ccc(Cl)c1F. The molecule has 0 aliphatic rings. The quantitative estimate of drug-likeness (QED) is 0.679. The highest BCUT2D eigenvalue weighted by atomic mass is 35.5. The summed E-state index contributed by atoms with van der Waals surface area (Å²) in [4.78, 5) is 11.2. The van der Waals surface area contributed by atoms with Crippen LogP contribution in [0.1, 0.15) is 24.1 Å². The molecule has 1 aromatic carbocycles. The highest BCUT2D eigenvalue weighted by Crippen LogP contribution is 2.38. The van der Waals surface area contributed by atoms with Gasteiger partial charge in [0.05, 0.1) is 23.2 Å². The van der Waals surface area contributed by atoms with E-state index in [1.54, 1.807) is 0 Å². The summed E-state index contributed by atoms with van der Waals surface area (Å²) in [5, 5.41) is -0.662. The van der Waals surface area contributed by atoms with Gasteiger partial charge >= 0.3 is 12.1 Å². The lowest BCUT2D eigenvalue weighted by Gasteiger charge is -2.21. The molecule has 1 rings (SSSR count). The molecule has 0 aliphatic heterocycles. The Hall–Kier alpha value is -1.41. The summed E-state index contributed by atoms with van der Waals surface area (Å²) >= 11 is 5.39. The summed E-state index contributed by atoms with van der Waals surface area (Å²) in [6.07, 6.45) is -7.63. The number of halogens is 6. The molecule has 0 aromatic heterocycles. The lowest BCUT2D eigenvalue weighted by atomic mass is 9.96. The maximum absolute atomic E-state index is 13.8. The Morgan fingerprint density at radius 2 is 2.00 bits per heavy atom. The highest BCUT2D eigenvalue weighted by molar-refractivity contribution is 6.30. The van der Waals surface area contributed by atoms with E-state index in [0.29, 0.717) is 12.1 Å². The number of hydrogen-bond donors (Lipinski definition) is 1. The summed E-state index contributed by atoms with van der Waals surface area (Å²) in [7, 11) is 0. The summed E-state index contributed by atoms with van der Waals surface area (Å²) in [5.41, 5.74) is 2.55. The molecule has 9 heteroatoms. The standard InChI is InChI=1S/C12H11ClF5NO2/c1-2-21-11(20)9(15)10(19)7-5(12(16,17)18)3-4-6(13)8(7)14/h3-4,9-10H,2,19H2,1H3/t9?,10-/m1/s1. The van der Waals surface area contributed by atoms with Gasteiger partial charge in [-0.3, -0.25) is 0 Å². The molecule has 3 nitrogen and oxygen atoms in total. The molecule has 0 radical (unpaired) electrons. The van der Waals surface area contributed by atoms with Crippen molar-refractivity contribution in [2.45, 2.75) is 25.3 Å². The van der Waals surface area contributed by atoms with E-state index < -0.39 is 46.3 Å². The van der Waals surface area contributed by atoms with Gasteiger partial charge in [-0.15, -0.1) is 0 Å². The average molecular weight is 332 g/mol. The van der Waals surface area contributed by atoms with Crippen molar-refractivity contribution >= 4 is 17.6 Å². The van der Waals surface area contributed by atoms with Crippen molar-refractivity contribution in [2.75, 3.05) is 6.61 Å². The van der Waals surface area contributed by atoms with Crippen molar-refractivity contribution in [3.63, 3.8) is 0 Å². The number of rotatable bonds is 4. The van der Waals surface area contributed by atoms with Crippen LogP contribution in [0.15, 0.2) is 12.1 Å². The molecule has 0 heterocycles. The predicted octanol–water partition coefficient (Wildman–Crippen LogP) is 3.40. The number of carbonyl (C=O) groups is 1. The van der Waals surface area contributed by atoms with Crippen molar-refractivity contribution in [1.82, 2.24) is 0 Å². The Labute approximate surface area is 121 Å². The van der Waals surface area contributed by atoms with Crippen molar-refractivity contribution < 1.29 is 31.5 Å². The van der Waals surface area contributed by atoms with E-state index in [2.05, 4.69) is 4.74 Å². The molecular weight excluding hydrogens is 321 g/mol. The zero-order chi connectivity index (χ0) is 16.4. The van der Waals surface area contributed by atoms with E-state index in [1.165, 1.54) is 6.92 Å². The average Bonchev–Trinajstić information content (AvgIpc) is 2.39. The molecule has 0 amide bonds. The van der Waals surface area contributed by atoms with Crippen LogP contribution in [0, 0.1) is 5.82 Å². The lowest BCUT2D eigenvalue weighted by Crippen LogP contribution is -2.34. The van der Waals surface area contributed by atoms with Gasteiger partial charge in [-0.1, -0.05) is 11.6 Å². The van der Waals surface area contributed by atoms with Crippen LogP contribution in [0.3, 0.4) is 0 Å². The van der Waals surface area contributed by atoms with Gasteiger partial charge in [-0.2, -0.15) is 13.2 Å². The lowest BCUT2D eigenvalue weighted by molar-refractivity contribution is -0.150. The number of benzene rings is 1. The van der Waals surface area contributed by atoms with Crippen LogP contribution in [-0.2, 0) is 15.7 Å². The monoisotopic (exact) mass is 331 g/mol. The first-order chi connectivity index (χ1) is 9.61. The first-order valence-corrected chi connectivity index (χ1v) is 6.10. The molecule has 2 N–H and O–H groups in total. The third-order valence-corrected chi connectivity index (χ3v) is 2.89. The molecule has 0 saturated heterocycles. The van der Waals surface area contributed by atoms with Crippen LogP contribution in [0.5, 0.6) is 0 Å². The van der Waals surface area contributed by atoms with Crippen LogP contribution in [0.2, 0.25) is 5.02 Å². The predicted molar refractivity (Wildman–Crippen MR) is 64.9 cm³/mol. The molecule has 0 saturated carbocycles. The van der Waals surface area contributed by atoms with E-state index in [0.717, 1.165) is 0 Å². The molecule has 118 valence electrons. The second-order valence-electron chi connectivity index (χ2n) is 4.00. The number of nitrogens with two attached hydrogens (primary N) is 1. The summed E-state index contributed by atoms with van der Waals surface area (Å²) < 4.78 is 70.4. The number of hydrogen-bond acceptors (Lipinski definition) is 3. The van der Waals surface area contributed by atoms with E-state index in [4.69, 9.17) is 17.3 Å². The number of ether oxygens (including phenoxy) is 1. The Morgan fingerprint density at radius 3 is 2.48 bits per heavy atom. The first kappa shape index (κ1) is 17.6. The smallest absolute Gasteiger partial charge is 0.416 e. The Balaban J connectivity index is 3.33. The van der Waals surface area contributed by atoms with Crippen molar-refractivity contribution in [3.05, 3.63) is 34.1 Å². The van der Waals surface area contributed by atoms with E-state index in [-0.39, 0.29) is 6.61 Å². The first-order valence-electron chi connectivity index (χ1n) is 5.72. The third kappa shape index (κ3) is 3.82. The van der Waals surface area contributed by atoms with Crippen LogP contribution in [-0.4, -0.2) is 18.7 Å². The largest absolute Gasteiger partial charge is 0.464 e. The Morgan fingerprint density at radius 1 is 1.43 bits per heavy atom. The van der Waals surface area contributed by atoms with Crippen molar-refractivity contribution in [1.29, 1.82) is 0 Å². The van der Waals surface area contributed by atoms with Crippen LogP contribution in [0.4, 0.5) is 22.0 Å². The zero-order valence-electron chi connectivity index (χ0n) is 10.7. The van der Waals surface area contributed by atoms with Gasteiger partial charge in [0.2, 0.25) is 6.17 Å². The zero-order valence-corrected chi connectivity index (χ0v) is 11.4. The minimum atomic E-state index is -4.98. The van der Waals surface area contributed by atoms with Gasteiger partial charge in [-0.05, 0) is 19.1 Å². The fraction of sp³-hybridized carbons (Fsp3) is 0.417. The minimum absolute atomic E-state index is 0.198. The van der Waals surface area contributed by atoms with Gasteiger partial charge in [0.1, 0.15) is 5.82 Å². The van der Waals surface area contributed by atoms with E-state index in [1.807, 2.05) is 0 Å². The van der Waals surface area contributed by atoms with Gasteiger partial charge < -0.3 is 10.5 Å². The molecule has 0 bridgehead atoms. The highest BCUT2D eigenvalue weighted by Gasteiger charge is 2.40. The summed E-state index contributed by atoms with van der Waals surface area (Å²) in [5.74, 6) is -3.00. The van der Waals surface area contributed by atoms with Gasteiger partial charge in [-0.25, -0.2) is 13.6 Å². The number of esters is 1. The van der Waals surface area contributed by atoms with Crippen molar-refractivity contribution in [3.8, 4) is 0 Å². The molecule has 1 unspecified atom stereocenters. The molecule has 1 aromatic rings. The Kier molecular flexibility index (Phi) is 5.52. The van der Waals surface area contributed by atoms with Gasteiger partial charge in [0.25, 0.3) is 0 Å².